The molecule has 0 spiro atoms. The van der Waals surface area contributed by atoms with Crippen LogP contribution in [0.15, 0.2) is 22.7 Å². The Balaban J connectivity index is 1.71. The number of methoxy groups -OCH3 is 1. The number of benzene rings is 1. The van der Waals surface area contributed by atoms with Crippen molar-refractivity contribution in [3.05, 3.63) is 28.2 Å². The zero-order valence-corrected chi connectivity index (χ0v) is 14.4. The minimum Gasteiger partial charge on any atom is -0.383 e. The van der Waals surface area contributed by atoms with Crippen LogP contribution >= 0.6 is 15.9 Å². The maximum absolute atomic E-state index is 5.11. The van der Waals surface area contributed by atoms with Gasteiger partial charge in [0.05, 0.1) is 6.61 Å². The Kier molecular flexibility index (Phi) is 5.19. The van der Waals surface area contributed by atoms with E-state index in [-0.39, 0.29) is 0 Å². The van der Waals surface area contributed by atoms with Crippen molar-refractivity contribution in [1.29, 1.82) is 0 Å². The minimum absolute atomic E-state index is 0.762. The molecule has 1 aromatic rings. The van der Waals surface area contributed by atoms with E-state index in [1.54, 1.807) is 7.11 Å². The van der Waals surface area contributed by atoms with Crippen molar-refractivity contribution < 1.29 is 4.74 Å². The zero-order valence-electron chi connectivity index (χ0n) is 12.8. The first-order valence-electron chi connectivity index (χ1n) is 8.02. The zero-order chi connectivity index (χ0) is 14.7. The van der Waals surface area contributed by atoms with E-state index >= 15 is 0 Å². The van der Waals surface area contributed by atoms with E-state index in [0.29, 0.717) is 0 Å². The van der Waals surface area contributed by atoms with E-state index in [4.69, 9.17) is 4.74 Å². The van der Waals surface area contributed by atoms with Gasteiger partial charge in [0.1, 0.15) is 0 Å². The number of hydrogen-bond donors (Lipinski definition) is 1. The average Bonchev–Trinajstić information content (AvgIpc) is 3.36. The van der Waals surface area contributed by atoms with Crippen molar-refractivity contribution >= 4 is 21.6 Å². The molecule has 0 bridgehead atoms. The van der Waals surface area contributed by atoms with Gasteiger partial charge in [0.2, 0.25) is 0 Å². The fourth-order valence-electron chi connectivity index (χ4n) is 2.78. The molecule has 0 atom stereocenters. The Morgan fingerprint density at radius 2 is 2.10 bits per heavy atom. The summed E-state index contributed by atoms with van der Waals surface area (Å²) < 4.78 is 6.27. The number of nitrogens with one attached hydrogen (secondary N) is 1. The smallest absolute Gasteiger partial charge is 0.0587 e. The topological polar surface area (TPSA) is 24.5 Å². The first-order chi connectivity index (χ1) is 10.3. The highest BCUT2D eigenvalue weighted by atomic mass is 79.9. The van der Waals surface area contributed by atoms with Gasteiger partial charge in [0.15, 0.2) is 0 Å². The summed E-state index contributed by atoms with van der Waals surface area (Å²) >= 11 is 3.61. The third-order valence-electron chi connectivity index (χ3n) is 4.29. The lowest BCUT2D eigenvalue weighted by Crippen LogP contribution is -2.30. The second-order valence-electron chi connectivity index (χ2n) is 6.27. The van der Waals surface area contributed by atoms with Crippen LogP contribution in [-0.2, 0) is 11.3 Å². The standard InChI is InChI=1S/C17H25BrN2O/c1-21-9-8-19-11-14-10-15(18)4-7-17(14)20(16-5-6-16)12-13-2-3-13/h4,7,10,13,16,19H,2-3,5-6,8-9,11-12H2,1H3. The van der Waals surface area contributed by atoms with Crippen molar-refractivity contribution in [2.45, 2.75) is 38.3 Å². The molecule has 0 heterocycles. The number of nitrogens with zero attached hydrogens (tertiary/aromatic N) is 1. The summed E-state index contributed by atoms with van der Waals surface area (Å²) in [5, 5.41) is 3.48. The molecule has 21 heavy (non-hydrogen) atoms. The summed E-state index contributed by atoms with van der Waals surface area (Å²) in [6, 6.07) is 7.51. The van der Waals surface area contributed by atoms with Gasteiger partial charge in [0, 0.05) is 42.9 Å². The van der Waals surface area contributed by atoms with Gasteiger partial charge < -0.3 is 15.0 Å². The molecular formula is C17H25BrN2O. The highest BCUT2D eigenvalue weighted by Gasteiger charge is 2.34. The SMILES string of the molecule is COCCNCc1cc(Br)ccc1N(CC1CC1)C1CC1. The number of ether oxygens (including phenoxy) is 1. The number of anilines is 1. The number of halogens is 1. The van der Waals surface area contributed by atoms with Crippen molar-refractivity contribution in [1.82, 2.24) is 5.32 Å². The molecule has 2 aliphatic rings. The van der Waals surface area contributed by atoms with E-state index < -0.39 is 0 Å². The Morgan fingerprint density at radius 3 is 2.76 bits per heavy atom. The summed E-state index contributed by atoms with van der Waals surface area (Å²) in [6.45, 7) is 3.82. The van der Waals surface area contributed by atoms with Crippen LogP contribution in [0.25, 0.3) is 0 Å². The molecule has 0 radical (unpaired) electrons. The summed E-state index contributed by atoms with van der Waals surface area (Å²) in [4.78, 5) is 2.66. The predicted molar refractivity (Wildman–Crippen MR) is 90.8 cm³/mol. The van der Waals surface area contributed by atoms with Crippen molar-refractivity contribution in [2.24, 2.45) is 5.92 Å². The predicted octanol–water partition coefficient (Wildman–Crippen LogP) is 3.56. The third kappa shape index (κ3) is 4.44. The van der Waals surface area contributed by atoms with Crippen LogP contribution in [-0.4, -0.2) is 32.8 Å². The van der Waals surface area contributed by atoms with Gasteiger partial charge in [-0.1, -0.05) is 15.9 Å². The number of hydrogen-bond acceptors (Lipinski definition) is 3. The van der Waals surface area contributed by atoms with Crippen molar-refractivity contribution in [3.8, 4) is 0 Å². The quantitative estimate of drug-likeness (QED) is 0.687. The normalized spacial score (nSPS) is 18.0. The van der Waals surface area contributed by atoms with Crippen LogP contribution in [0.3, 0.4) is 0 Å². The summed E-state index contributed by atoms with van der Waals surface area (Å²) in [5.74, 6) is 0.934. The van der Waals surface area contributed by atoms with Gasteiger partial charge in [-0.05, 0) is 55.4 Å². The maximum Gasteiger partial charge on any atom is 0.0587 e. The Morgan fingerprint density at radius 1 is 1.29 bits per heavy atom. The highest BCUT2D eigenvalue weighted by molar-refractivity contribution is 9.10. The van der Waals surface area contributed by atoms with Gasteiger partial charge in [0.25, 0.3) is 0 Å². The second-order valence-corrected chi connectivity index (χ2v) is 7.19. The fourth-order valence-corrected chi connectivity index (χ4v) is 3.19. The summed E-state index contributed by atoms with van der Waals surface area (Å²) in [5.41, 5.74) is 2.82. The van der Waals surface area contributed by atoms with Crippen molar-refractivity contribution in [3.63, 3.8) is 0 Å². The van der Waals surface area contributed by atoms with Crippen LogP contribution in [0, 0.1) is 5.92 Å². The molecule has 2 fully saturated rings. The largest absolute Gasteiger partial charge is 0.383 e. The lowest BCUT2D eigenvalue weighted by atomic mass is 10.1. The van der Waals surface area contributed by atoms with E-state index in [0.717, 1.165) is 36.1 Å². The fraction of sp³-hybridized carbons (Fsp3) is 0.647. The molecule has 2 saturated carbocycles. The monoisotopic (exact) mass is 352 g/mol. The third-order valence-corrected chi connectivity index (χ3v) is 4.78. The maximum atomic E-state index is 5.11. The first kappa shape index (κ1) is 15.3. The van der Waals surface area contributed by atoms with Crippen LogP contribution in [0.2, 0.25) is 0 Å². The molecule has 3 rings (SSSR count). The lowest BCUT2D eigenvalue weighted by Gasteiger charge is -2.27. The molecular weight excluding hydrogens is 328 g/mol. The lowest BCUT2D eigenvalue weighted by molar-refractivity contribution is 0.199. The minimum atomic E-state index is 0.762. The van der Waals surface area contributed by atoms with Gasteiger partial charge in [-0.2, -0.15) is 0 Å². The molecule has 4 heteroatoms. The molecule has 1 N–H and O–H groups in total. The second kappa shape index (κ2) is 7.12. The van der Waals surface area contributed by atoms with Crippen LogP contribution in [0.4, 0.5) is 5.69 Å². The van der Waals surface area contributed by atoms with E-state index in [2.05, 4.69) is 44.3 Å². The molecule has 2 aliphatic carbocycles. The van der Waals surface area contributed by atoms with E-state index in [1.165, 1.54) is 43.5 Å². The Hall–Kier alpha value is -0.580. The van der Waals surface area contributed by atoms with Crippen LogP contribution in [0.1, 0.15) is 31.2 Å². The Labute approximate surface area is 136 Å². The van der Waals surface area contributed by atoms with Gasteiger partial charge in [-0.3, -0.25) is 0 Å². The highest BCUT2D eigenvalue weighted by Crippen LogP contribution is 2.39. The Bertz CT molecular complexity index is 472. The first-order valence-corrected chi connectivity index (χ1v) is 8.82. The molecule has 0 aromatic heterocycles. The van der Waals surface area contributed by atoms with Gasteiger partial charge >= 0.3 is 0 Å². The molecule has 116 valence electrons. The van der Waals surface area contributed by atoms with Gasteiger partial charge in [-0.25, -0.2) is 0 Å². The van der Waals surface area contributed by atoms with Gasteiger partial charge in [-0.15, -0.1) is 0 Å². The molecule has 0 amide bonds. The van der Waals surface area contributed by atoms with Crippen LogP contribution in [0.5, 0.6) is 0 Å². The molecule has 0 unspecified atom stereocenters. The molecule has 0 saturated heterocycles. The molecule has 1 aromatic carbocycles. The van der Waals surface area contributed by atoms with E-state index in [1.807, 2.05) is 0 Å². The van der Waals surface area contributed by atoms with E-state index in [9.17, 15) is 0 Å². The number of rotatable bonds is 9. The average molecular weight is 353 g/mol. The van der Waals surface area contributed by atoms with Crippen LogP contribution < -0.4 is 10.2 Å². The van der Waals surface area contributed by atoms with Crippen molar-refractivity contribution in [2.75, 3.05) is 31.7 Å². The molecule has 0 aliphatic heterocycles. The summed E-state index contributed by atoms with van der Waals surface area (Å²) in [7, 11) is 1.75. The summed E-state index contributed by atoms with van der Waals surface area (Å²) in [6.07, 6.45) is 5.56. The molecule has 3 nitrogen and oxygen atoms in total.